The van der Waals surface area contributed by atoms with Gasteiger partial charge in [-0.25, -0.2) is 9.78 Å². The van der Waals surface area contributed by atoms with E-state index in [4.69, 9.17) is 26.1 Å². The molecule has 1 saturated heterocycles. The van der Waals surface area contributed by atoms with Crippen molar-refractivity contribution in [2.24, 2.45) is 0 Å². The Morgan fingerprint density at radius 2 is 1.88 bits per heavy atom. The van der Waals surface area contributed by atoms with Gasteiger partial charge in [-0.15, -0.1) is 12.4 Å². The molecule has 4 rings (SSSR count). The van der Waals surface area contributed by atoms with Crippen LogP contribution in [0.25, 0.3) is 22.4 Å². The molecule has 1 aromatic heterocycles. The number of carboxylic acid groups (broad SMARTS) is 1. The number of carbonyl (C=O) groups excluding carboxylic acids is 1. The predicted octanol–water partition coefficient (Wildman–Crippen LogP) is 5.88. The van der Waals surface area contributed by atoms with E-state index in [0.29, 0.717) is 36.1 Å². The molecule has 2 heterocycles. The molecule has 2 aromatic carbocycles. The van der Waals surface area contributed by atoms with Crippen molar-refractivity contribution in [2.75, 3.05) is 40.5 Å². The van der Waals surface area contributed by atoms with Gasteiger partial charge >= 0.3 is 5.97 Å². The third-order valence-electron chi connectivity index (χ3n) is 7.10. The first-order valence-electron chi connectivity index (χ1n) is 13.5. The minimum absolute atomic E-state index is 0. The summed E-state index contributed by atoms with van der Waals surface area (Å²) in [6, 6.07) is 16.9. The van der Waals surface area contributed by atoms with Crippen molar-refractivity contribution in [3.63, 3.8) is 0 Å². The van der Waals surface area contributed by atoms with Gasteiger partial charge in [0.1, 0.15) is 17.0 Å². The first-order valence-corrected chi connectivity index (χ1v) is 13.9. The number of ether oxygens (including phenoxy) is 2. The first-order chi connectivity index (χ1) is 19.2. The van der Waals surface area contributed by atoms with Crippen LogP contribution in [-0.4, -0.2) is 72.9 Å². The molecule has 220 valence electrons. The topological polar surface area (TPSA) is 101 Å². The molecule has 2 N–H and O–H groups in total. The van der Waals surface area contributed by atoms with Crippen LogP contribution in [0.4, 0.5) is 0 Å². The van der Waals surface area contributed by atoms with Gasteiger partial charge in [-0.05, 0) is 75.7 Å². The lowest BCUT2D eigenvalue weighted by atomic mass is 9.90. The molecule has 1 aliphatic rings. The largest absolute Gasteiger partial charge is 0.492 e. The highest BCUT2D eigenvalue weighted by atomic mass is 35.5. The number of hydrogen-bond acceptors (Lipinski definition) is 6. The number of aryl methyl sites for hydroxylation is 1. The van der Waals surface area contributed by atoms with Gasteiger partial charge in [-0.3, -0.25) is 4.79 Å². The van der Waals surface area contributed by atoms with Crippen molar-refractivity contribution >= 4 is 35.9 Å². The van der Waals surface area contributed by atoms with Crippen LogP contribution >= 0.6 is 24.0 Å². The van der Waals surface area contributed by atoms with E-state index in [-0.39, 0.29) is 37.5 Å². The second kappa shape index (κ2) is 14.6. The van der Waals surface area contributed by atoms with Crippen LogP contribution in [0.5, 0.6) is 5.75 Å². The lowest BCUT2D eigenvalue weighted by Gasteiger charge is -2.28. The molecule has 1 fully saturated rings. The summed E-state index contributed by atoms with van der Waals surface area (Å²) in [4.78, 5) is 32.6. The van der Waals surface area contributed by atoms with Crippen LogP contribution < -0.4 is 10.1 Å². The summed E-state index contributed by atoms with van der Waals surface area (Å²) in [6.07, 6.45) is 1.85. The Hall–Kier alpha value is -3.17. The predicted molar refractivity (Wildman–Crippen MR) is 163 cm³/mol. The van der Waals surface area contributed by atoms with Crippen molar-refractivity contribution < 1.29 is 24.2 Å². The fraction of sp³-hybridized carbons (Fsp3) is 0.387. The molecule has 0 spiro atoms. The number of hydrogen-bond donors (Lipinski definition) is 2. The van der Waals surface area contributed by atoms with Gasteiger partial charge in [0.15, 0.2) is 0 Å². The number of aromatic nitrogens is 1. The maximum absolute atomic E-state index is 13.5. The molecule has 1 aliphatic heterocycles. The van der Waals surface area contributed by atoms with Crippen LogP contribution in [0, 0.1) is 6.92 Å². The molecule has 1 atom stereocenters. The SMILES string of the molecule is Cc1ccccc1-c1ccc(C(=O)NC2(C(=O)O)CCCOCC2)nc1-c1ccc(Cl)c(OCCCN(C)C)c1.Cl. The number of rotatable bonds is 10. The third-order valence-corrected chi connectivity index (χ3v) is 7.41. The van der Waals surface area contributed by atoms with E-state index in [9.17, 15) is 14.7 Å². The van der Waals surface area contributed by atoms with Gasteiger partial charge in [0, 0.05) is 37.3 Å². The fourth-order valence-electron chi connectivity index (χ4n) is 4.85. The highest BCUT2D eigenvalue weighted by molar-refractivity contribution is 6.32. The zero-order valence-corrected chi connectivity index (χ0v) is 25.2. The van der Waals surface area contributed by atoms with E-state index in [0.717, 1.165) is 35.2 Å². The van der Waals surface area contributed by atoms with Crippen molar-refractivity contribution in [3.8, 4) is 28.1 Å². The number of nitrogens with one attached hydrogen (secondary N) is 1. The summed E-state index contributed by atoms with van der Waals surface area (Å²) in [7, 11) is 4.02. The minimum atomic E-state index is -1.40. The van der Waals surface area contributed by atoms with E-state index in [1.807, 2.05) is 63.5 Å². The fourth-order valence-corrected chi connectivity index (χ4v) is 5.02. The highest BCUT2D eigenvalue weighted by Gasteiger charge is 2.41. The highest BCUT2D eigenvalue weighted by Crippen LogP contribution is 2.36. The standard InChI is InChI=1S/C31H36ClN3O5.ClH/c1-21-8-4-5-9-23(21)24-11-13-26(29(36)34-31(30(37)38)14-6-17-39-19-15-31)33-28(24)22-10-12-25(32)27(20-22)40-18-7-16-35(2)3;/h4-5,8-13,20H,6-7,14-19H2,1-3H3,(H,34,36)(H,37,38);1H. The van der Waals surface area contributed by atoms with Gasteiger partial charge < -0.3 is 24.8 Å². The maximum Gasteiger partial charge on any atom is 0.329 e. The second-order valence-corrected chi connectivity index (χ2v) is 10.8. The van der Waals surface area contributed by atoms with Crippen molar-refractivity contribution in [2.45, 2.75) is 38.1 Å². The molecule has 10 heteroatoms. The monoisotopic (exact) mass is 601 g/mol. The Kier molecular flexibility index (Phi) is 11.5. The number of pyridine rings is 1. The molecule has 0 radical (unpaired) electrons. The van der Waals surface area contributed by atoms with Gasteiger partial charge in [-0.2, -0.15) is 0 Å². The van der Waals surface area contributed by atoms with Gasteiger partial charge in [0.2, 0.25) is 0 Å². The van der Waals surface area contributed by atoms with Gasteiger partial charge in [-0.1, -0.05) is 41.9 Å². The van der Waals surface area contributed by atoms with Crippen LogP contribution in [0.3, 0.4) is 0 Å². The van der Waals surface area contributed by atoms with Gasteiger partial charge in [0.25, 0.3) is 5.91 Å². The number of halogens is 2. The van der Waals surface area contributed by atoms with Crippen molar-refractivity contribution in [3.05, 3.63) is 70.9 Å². The molecule has 0 saturated carbocycles. The van der Waals surface area contributed by atoms with Gasteiger partial charge in [0.05, 0.1) is 17.3 Å². The van der Waals surface area contributed by atoms with Crippen molar-refractivity contribution in [1.29, 1.82) is 0 Å². The minimum Gasteiger partial charge on any atom is -0.492 e. The van der Waals surface area contributed by atoms with E-state index in [1.165, 1.54) is 0 Å². The van der Waals surface area contributed by atoms with Crippen LogP contribution in [0.2, 0.25) is 5.02 Å². The molecule has 41 heavy (non-hydrogen) atoms. The number of benzene rings is 2. The van der Waals surface area contributed by atoms with E-state index >= 15 is 0 Å². The number of nitrogens with zero attached hydrogens (tertiary/aromatic N) is 2. The summed E-state index contributed by atoms with van der Waals surface area (Å²) >= 11 is 6.47. The number of carboxylic acids is 1. The molecule has 8 nitrogen and oxygen atoms in total. The average molecular weight is 603 g/mol. The summed E-state index contributed by atoms with van der Waals surface area (Å²) in [5.41, 5.74) is 2.90. The number of carbonyl (C=O) groups is 2. The Labute approximate surface area is 252 Å². The first kappa shape index (κ1) is 32.3. The molecule has 1 amide bonds. The zero-order chi connectivity index (χ0) is 28.7. The molecule has 3 aromatic rings. The van der Waals surface area contributed by atoms with Crippen LogP contribution in [0.1, 0.15) is 41.7 Å². The summed E-state index contributed by atoms with van der Waals surface area (Å²) in [6.45, 7) is 4.14. The summed E-state index contributed by atoms with van der Waals surface area (Å²) in [5.74, 6) is -1.08. The number of aliphatic carboxylic acids is 1. The second-order valence-electron chi connectivity index (χ2n) is 10.4. The smallest absolute Gasteiger partial charge is 0.329 e. The average Bonchev–Trinajstić information content (AvgIpc) is 3.18. The Morgan fingerprint density at radius 3 is 2.61 bits per heavy atom. The summed E-state index contributed by atoms with van der Waals surface area (Å²) < 4.78 is 11.5. The maximum atomic E-state index is 13.5. The summed E-state index contributed by atoms with van der Waals surface area (Å²) in [5, 5.41) is 13.3. The Morgan fingerprint density at radius 1 is 1.10 bits per heavy atom. The molecular formula is C31H37Cl2N3O5. The van der Waals surface area contributed by atoms with Crippen molar-refractivity contribution in [1.82, 2.24) is 15.2 Å². The number of amides is 1. The molecule has 0 bridgehead atoms. The normalized spacial score (nSPS) is 16.9. The van der Waals surface area contributed by atoms with E-state index in [1.54, 1.807) is 12.1 Å². The molecular weight excluding hydrogens is 565 g/mol. The lowest BCUT2D eigenvalue weighted by molar-refractivity contribution is -0.145. The van der Waals surface area contributed by atoms with Crippen LogP contribution in [0.15, 0.2) is 54.6 Å². The Balaban J connectivity index is 0.00000462. The van der Waals surface area contributed by atoms with E-state index in [2.05, 4.69) is 10.2 Å². The Bertz CT molecular complexity index is 1360. The quantitative estimate of drug-likeness (QED) is 0.280. The van der Waals surface area contributed by atoms with E-state index < -0.39 is 17.4 Å². The van der Waals surface area contributed by atoms with Crippen LogP contribution in [-0.2, 0) is 9.53 Å². The third kappa shape index (κ3) is 7.98. The molecule has 1 unspecified atom stereocenters. The zero-order valence-electron chi connectivity index (χ0n) is 23.6. The molecule has 0 aliphatic carbocycles. The lowest BCUT2D eigenvalue weighted by Crippen LogP contribution is -2.54.